The van der Waals surface area contributed by atoms with E-state index in [1.165, 1.54) is 22.6 Å². The van der Waals surface area contributed by atoms with Crippen molar-refractivity contribution in [3.8, 4) is 0 Å². The van der Waals surface area contributed by atoms with Gasteiger partial charge in [-0.1, -0.05) is 5.21 Å². The molecule has 1 aromatic heterocycles. The average molecular weight is 362 g/mol. The van der Waals surface area contributed by atoms with E-state index in [9.17, 15) is 20.1 Å². The molecule has 1 amide bonds. The molecule has 1 aromatic rings. The van der Waals surface area contributed by atoms with Crippen LogP contribution in [0.1, 0.15) is 23.0 Å². The number of carbonyl (C=O) groups excluding carboxylic acids is 1. The zero-order valence-corrected chi connectivity index (χ0v) is 14.0. The second-order valence-corrected chi connectivity index (χ2v) is 6.29. The Bertz CT molecular complexity index is 528. The Morgan fingerprint density at radius 2 is 2.17 bits per heavy atom. The van der Waals surface area contributed by atoms with Gasteiger partial charge in [0.15, 0.2) is 5.69 Å². The summed E-state index contributed by atoms with van der Waals surface area (Å²) in [4.78, 5) is 11.9. The Hall–Kier alpha value is -1.24. The summed E-state index contributed by atoms with van der Waals surface area (Å²) in [6.07, 6.45) is 0.304. The summed E-state index contributed by atoms with van der Waals surface area (Å²) in [5.41, 5.74) is -0.623. The van der Waals surface area contributed by atoms with Crippen LogP contribution in [0.5, 0.6) is 0 Å². The fourth-order valence-corrected chi connectivity index (χ4v) is 3.17. The predicted molar refractivity (Wildman–Crippen MR) is 84.4 cm³/mol. The molecule has 2 heterocycles. The lowest BCUT2D eigenvalue weighted by Gasteiger charge is -2.41. The van der Waals surface area contributed by atoms with E-state index in [4.69, 9.17) is 9.84 Å². The third-order valence-electron chi connectivity index (χ3n) is 3.75. The first-order valence-corrected chi connectivity index (χ1v) is 8.78. The van der Waals surface area contributed by atoms with Crippen molar-refractivity contribution in [1.82, 2.24) is 20.3 Å². The molecule has 11 heteroatoms. The third kappa shape index (κ3) is 4.05. The minimum Gasteiger partial charge on any atom is -0.396 e. The zero-order valence-electron chi connectivity index (χ0n) is 13.1. The number of amides is 1. The van der Waals surface area contributed by atoms with Gasteiger partial charge in [0.2, 0.25) is 0 Å². The van der Waals surface area contributed by atoms with Gasteiger partial charge < -0.3 is 30.5 Å². The summed E-state index contributed by atoms with van der Waals surface area (Å²) in [5.74, 6) is -0.467. The number of nitrogens with one attached hydrogen (secondary N) is 1. The van der Waals surface area contributed by atoms with Gasteiger partial charge in [-0.15, -0.1) is 16.9 Å². The Morgan fingerprint density at radius 1 is 1.42 bits per heavy atom. The maximum Gasteiger partial charge on any atom is 0.273 e. The van der Waals surface area contributed by atoms with Crippen molar-refractivity contribution in [3.05, 3.63) is 11.9 Å². The van der Waals surface area contributed by atoms with Crippen LogP contribution in [0.25, 0.3) is 0 Å². The highest BCUT2D eigenvalue weighted by Crippen LogP contribution is 2.33. The van der Waals surface area contributed by atoms with Crippen molar-refractivity contribution in [1.29, 1.82) is 0 Å². The fraction of sp³-hybridized carbons (Fsp3) is 0.769. The van der Waals surface area contributed by atoms with Gasteiger partial charge in [0.25, 0.3) is 5.91 Å². The molecule has 10 nitrogen and oxygen atoms in total. The van der Waals surface area contributed by atoms with Crippen LogP contribution in [-0.2, 0) is 4.74 Å². The molecule has 2 rings (SSSR count). The number of nitrogens with zero attached hydrogens (tertiary/aromatic N) is 3. The highest BCUT2D eigenvalue weighted by atomic mass is 32.2. The van der Waals surface area contributed by atoms with E-state index in [0.717, 1.165) is 0 Å². The minimum atomic E-state index is -1.21. The van der Waals surface area contributed by atoms with Gasteiger partial charge in [0, 0.05) is 13.2 Å². The smallest absolute Gasteiger partial charge is 0.273 e. The lowest BCUT2D eigenvalue weighted by Crippen LogP contribution is -2.54. The molecule has 1 aliphatic rings. The van der Waals surface area contributed by atoms with Gasteiger partial charge in [0.1, 0.15) is 29.8 Å². The normalized spacial score (nSPS) is 30.3. The molecule has 0 spiro atoms. The fourth-order valence-electron chi connectivity index (χ4n) is 2.47. The number of carbonyl (C=O) groups is 1. The molecule has 0 aliphatic carbocycles. The monoisotopic (exact) mass is 362 g/mol. The molecule has 24 heavy (non-hydrogen) atoms. The summed E-state index contributed by atoms with van der Waals surface area (Å²) in [7, 11) is 0. The number of thioether (sulfide) groups is 1. The molecular weight excluding hydrogens is 340 g/mol. The van der Waals surface area contributed by atoms with Crippen molar-refractivity contribution >= 4 is 17.7 Å². The second kappa shape index (κ2) is 8.74. The molecule has 5 N–H and O–H groups in total. The largest absolute Gasteiger partial charge is 0.396 e. The van der Waals surface area contributed by atoms with Gasteiger partial charge in [0.05, 0.1) is 12.8 Å². The predicted octanol–water partition coefficient (Wildman–Crippen LogP) is -2.27. The Balaban J connectivity index is 2.15. The standard InChI is InChI=1S/C13H22N4O6S/c1-24-13-11(21)9(10(20)8(6-19)23-13)17-5-7(15-16-17)12(22)14-3-2-4-18/h5,8-11,13,18-21H,2-4,6H2,1H3,(H,14,22)/t8?,9?,10-,11?,13-/m0/s1. The molecule has 0 aromatic carbocycles. The molecule has 5 atom stereocenters. The summed E-state index contributed by atoms with van der Waals surface area (Å²) < 4.78 is 6.64. The number of ether oxygens (including phenoxy) is 1. The number of hydrogen-bond acceptors (Lipinski definition) is 9. The molecule has 3 unspecified atom stereocenters. The van der Waals surface area contributed by atoms with Crippen LogP contribution in [0.3, 0.4) is 0 Å². The van der Waals surface area contributed by atoms with Gasteiger partial charge in [-0.2, -0.15) is 0 Å². The van der Waals surface area contributed by atoms with E-state index in [2.05, 4.69) is 15.6 Å². The number of aliphatic hydroxyl groups is 4. The van der Waals surface area contributed by atoms with E-state index in [-0.39, 0.29) is 12.3 Å². The van der Waals surface area contributed by atoms with E-state index in [1.54, 1.807) is 6.26 Å². The van der Waals surface area contributed by atoms with Crippen LogP contribution in [0.2, 0.25) is 0 Å². The number of aromatic nitrogens is 3. The minimum absolute atomic E-state index is 0.0279. The van der Waals surface area contributed by atoms with E-state index in [0.29, 0.717) is 13.0 Å². The van der Waals surface area contributed by atoms with E-state index >= 15 is 0 Å². The highest BCUT2D eigenvalue weighted by Gasteiger charge is 2.45. The molecule has 1 saturated heterocycles. The van der Waals surface area contributed by atoms with Crippen molar-refractivity contribution in [2.24, 2.45) is 0 Å². The Kier molecular flexibility index (Phi) is 6.95. The molecule has 0 saturated carbocycles. The van der Waals surface area contributed by atoms with Crippen molar-refractivity contribution in [2.75, 3.05) is 26.0 Å². The van der Waals surface area contributed by atoms with Crippen LogP contribution >= 0.6 is 11.8 Å². The third-order valence-corrected chi connectivity index (χ3v) is 4.60. The number of hydrogen-bond donors (Lipinski definition) is 5. The number of aliphatic hydroxyl groups excluding tert-OH is 4. The van der Waals surface area contributed by atoms with Crippen LogP contribution in [0.15, 0.2) is 6.20 Å². The molecule has 136 valence electrons. The van der Waals surface area contributed by atoms with Crippen LogP contribution < -0.4 is 5.32 Å². The van der Waals surface area contributed by atoms with Gasteiger partial charge in [-0.3, -0.25) is 4.79 Å². The van der Waals surface area contributed by atoms with Crippen molar-refractivity contribution in [3.63, 3.8) is 0 Å². The summed E-state index contributed by atoms with van der Waals surface area (Å²) in [6.45, 7) is -0.150. The Labute approximate surface area is 142 Å². The molecule has 0 radical (unpaired) electrons. The second-order valence-electron chi connectivity index (χ2n) is 5.35. The quantitative estimate of drug-likeness (QED) is 0.338. The van der Waals surface area contributed by atoms with Crippen molar-refractivity contribution in [2.45, 2.75) is 36.2 Å². The SMILES string of the molecule is CS[C@@H]1OC(CO)[C@H](O)C(n2cc(C(=O)NCCCO)nn2)C1O. The molecule has 1 fully saturated rings. The molecule has 1 aliphatic heterocycles. The number of rotatable bonds is 7. The topological polar surface area (TPSA) is 150 Å². The van der Waals surface area contributed by atoms with Gasteiger partial charge >= 0.3 is 0 Å². The van der Waals surface area contributed by atoms with Gasteiger partial charge in [-0.05, 0) is 12.7 Å². The average Bonchev–Trinajstić information content (AvgIpc) is 3.05. The van der Waals surface area contributed by atoms with Crippen LogP contribution in [0, 0.1) is 0 Å². The first-order valence-electron chi connectivity index (χ1n) is 7.49. The van der Waals surface area contributed by atoms with Gasteiger partial charge in [-0.25, -0.2) is 4.68 Å². The van der Waals surface area contributed by atoms with Crippen molar-refractivity contribution < 1.29 is 30.0 Å². The molecular formula is C13H22N4O6S. The first-order chi connectivity index (χ1) is 11.5. The Morgan fingerprint density at radius 3 is 2.79 bits per heavy atom. The van der Waals surface area contributed by atoms with E-state index < -0.39 is 42.3 Å². The summed E-state index contributed by atoms with van der Waals surface area (Å²) >= 11 is 1.24. The highest BCUT2D eigenvalue weighted by molar-refractivity contribution is 7.99. The van der Waals surface area contributed by atoms with E-state index in [1.807, 2.05) is 0 Å². The summed E-state index contributed by atoms with van der Waals surface area (Å²) in [5, 5.41) is 48.9. The summed E-state index contributed by atoms with van der Waals surface area (Å²) in [6, 6.07) is -0.903. The lowest BCUT2D eigenvalue weighted by atomic mass is 9.97. The van der Waals surface area contributed by atoms with Crippen LogP contribution in [0.4, 0.5) is 0 Å². The maximum atomic E-state index is 11.9. The first kappa shape index (κ1) is 19.1. The zero-order chi connectivity index (χ0) is 17.7. The molecule has 0 bridgehead atoms. The maximum absolute atomic E-state index is 11.9. The van der Waals surface area contributed by atoms with Crippen LogP contribution in [-0.4, -0.2) is 91.1 Å². The lowest BCUT2D eigenvalue weighted by molar-refractivity contribution is -0.178.